The molecule has 188 valence electrons. The summed E-state index contributed by atoms with van der Waals surface area (Å²) in [5.74, 6) is 0.523. The van der Waals surface area contributed by atoms with E-state index in [1.807, 2.05) is 11.3 Å². The summed E-state index contributed by atoms with van der Waals surface area (Å²) in [6.07, 6.45) is -8.41. The van der Waals surface area contributed by atoms with Gasteiger partial charge in [-0.2, -0.15) is 31.4 Å². The normalized spacial score (nSPS) is 12.3. The Morgan fingerprint density at radius 2 is 1.73 bits per heavy atom. The van der Waals surface area contributed by atoms with Crippen molar-refractivity contribution in [2.24, 2.45) is 7.05 Å². The molecule has 13 heteroatoms. The van der Waals surface area contributed by atoms with E-state index in [4.69, 9.17) is 0 Å². The van der Waals surface area contributed by atoms with Gasteiger partial charge in [0, 0.05) is 35.1 Å². The predicted molar refractivity (Wildman–Crippen MR) is 120 cm³/mol. The molecule has 0 saturated carbocycles. The van der Waals surface area contributed by atoms with Crippen molar-refractivity contribution >= 4 is 39.2 Å². The van der Waals surface area contributed by atoms with Crippen LogP contribution in [0.3, 0.4) is 0 Å². The minimum Gasteiger partial charge on any atom is -0.334 e. The summed E-state index contributed by atoms with van der Waals surface area (Å²) in [7, 11) is 1.62. The van der Waals surface area contributed by atoms with E-state index in [2.05, 4.69) is 10.1 Å². The van der Waals surface area contributed by atoms with E-state index >= 15 is 0 Å². The molecule has 1 amide bonds. The maximum atomic E-state index is 14.2. The number of halogens is 6. The Hall–Kier alpha value is -4.64. The average molecular weight is 517 g/mol. The molecule has 3 heterocycles. The van der Waals surface area contributed by atoms with Gasteiger partial charge in [-0.1, -0.05) is 18.2 Å². The monoisotopic (exact) mass is 517 g/mol. The van der Waals surface area contributed by atoms with Gasteiger partial charge in [0.25, 0.3) is 5.91 Å². The highest BCUT2D eigenvalue weighted by Gasteiger charge is 2.41. The molecule has 0 aliphatic rings. The SMILES string of the molecule is Cn1c(=C=O)c2cccc3c(-n4ncc(C(=O)Nc5ccnc(C(F)(F)F)c5)c4C(F)(F)F)ccc1c32. The summed E-state index contributed by atoms with van der Waals surface area (Å²) in [6.45, 7) is 0. The highest BCUT2D eigenvalue weighted by Crippen LogP contribution is 2.37. The summed E-state index contributed by atoms with van der Waals surface area (Å²) in [4.78, 5) is 27.4. The number of amides is 1. The van der Waals surface area contributed by atoms with Crippen LogP contribution in [0, 0.1) is 0 Å². The molecular formula is C24H13F6N5O2. The number of nitrogens with one attached hydrogen (secondary N) is 1. The number of hydrogen-bond donors (Lipinski definition) is 1. The van der Waals surface area contributed by atoms with Crippen molar-refractivity contribution in [3.8, 4) is 5.69 Å². The van der Waals surface area contributed by atoms with Crippen molar-refractivity contribution < 1.29 is 35.9 Å². The van der Waals surface area contributed by atoms with Crippen LogP contribution in [0.2, 0.25) is 0 Å². The first-order valence-corrected chi connectivity index (χ1v) is 10.5. The van der Waals surface area contributed by atoms with E-state index in [9.17, 15) is 35.9 Å². The number of nitrogens with zero attached hydrogens (tertiary/aromatic N) is 4. The molecule has 0 saturated heterocycles. The van der Waals surface area contributed by atoms with E-state index in [1.54, 1.807) is 29.8 Å². The molecule has 5 rings (SSSR count). The number of aryl methyl sites for hydroxylation is 1. The second kappa shape index (κ2) is 8.20. The van der Waals surface area contributed by atoms with Crippen LogP contribution >= 0.6 is 0 Å². The summed E-state index contributed by atoms with van der Waals surface area (Å²) in [6, 6.07) is 9.16. The van der Waals surface area contributed by atoms with Gasteiger partial charge in [0.1, 0.15) is 11.0 Å². The Bertz CT molecular complexity index is 1780. The average Bonchev–Trinajstić information content (AvgIpc) is 3.40. The third-order valence-corrected chi connectivity index (χ3v) is 5.86. The van der Waals surface area contributed by atoms with E-state index in [-0.39, 0.29) is 11.0 Å². The van der Waals surface area contributed by atoms with Crippen LogP contribution in [0.1, 0.15) is 21.7 Å². The fraction of sp³-hybridized carbons (Fsp3) is 0.125. The van der Waals surface area contributed by atoms with E-state index in [0.717, 1.165) is 12.3 Å². The molecule has 5 aromatic rings. The van der Waals surface area contributed by atoms with Crippen LogP contribution in [-0.2, 0) is 24.2 Å². The van der Waals surface area contributed by atoms with Gasteiger partial charge >= 0.3 is 12.4 Å². The van der Waals surface area contributed by atoms with E-state index in [1.165, 1.54) is 12.1 Å². The smallest absolute Gasteiger partial charge is 0.334 e. The number of pyridine rings is 1. The molecule has 37 heavy (non-hydrogen) atoms. The third kappa shape index (κ3) is 3.89. The number of carbonyl (C=O) groups excluding carboxylic acids is 2. The lowest BCUT2D eigenvalue weighted by molar-refractivity contribution is -0.143. The molecular weight excluding hydrogens is 504 g/mol. The second-order valence-corrected chi connectivity index (χ2v) is 8.04. The van der Waals surface area contributed by atoms with Crippen molar-refractivity contribution in [3.63, 3.8) is 0 Å². The largest absolute Gasteiger partial charge is 0.434 e. The van der Waals surface area contributed by atoms with Gasteiger partial charge in [-0.15, -0.1) is 0 Å². The fourth-order valence-electron chi connectivity index (χ4n) is 4.29. The molecule has 2 aromatic carbocycles. The van der Waals surface area contributed by atoms with Gasteiger partial charge in [-0.05, 0) is 24.3 Å². The van der Waals surface area contributed by atoms with E-state index in [0.29, 0.717) is 38.6 Å². The van der Waals surface area contributed by atoms with Crippen molar-refractivity contribution in [1.29, 1.82) is 0 Å². The van der Waals surface area contributed by atoms with Gasteiger partial charge in [-0.25, -0.2) is 9.48 Å². The van der Waals surface area contributed by atoms with Crippen LogP contribution in [0.25, 0.3) is 27.4 Å². The zero-order valence-electron chi connectivity index (χ0n) is 18.6. The Kier molecular flexibility index (Phi) is 5.34. The van der Waals surface area contributed by atoms with Crippen LogP contribution < -0.4 is 10.7 Å². The third-order valence-electron chi connectivity index (χ3n) is 5.86. The minimum atomic E-state index is -5.06. The molecule has 0 aliphatic carbocycles. The molecule has 0 radical (unpaired) electrons. The molecule has 7 nitrogen and oxygen atoms in total. The zero-order valence-corrected chi connectivity index (χ0v) is 18.6. The first-order valence-electron chi connectivity index (χ1n) is 10.5. The number of benzene rings is 2. The molecule has 1 N–H and O–H groups in total. The van der Waals surface area contributed by atoms with Gasteiger partial charge in [0.15, 0.2) is 11.6 Å². The molecule has 0 spiro atoms. The van der Waals surface area contributed by atoms with Crippen molar-refractivity contribution in [2.75, 3.05) is 5.32 Å². The highest BCUT2D eigenvalue weighted by molar-refractivity contribution is 6.13. The zero-order chi connectivity index (χ0) is 26.7. The maximum absolute atomic E-state index is 14.2. The summed E-state index contributed by atoms with van der Waals surface area (Å²) >= 11 is 0. The topological polar surface area (TPSA) is 81.8 Å². The Labute approximate surface area is 202 Å². The minimum absolute atomic E-state index is 0.0178. The van der Waals surface area contributed by atoms with Crippen LogP contribution in [0.4, 0.5) is 32.0 Å². The molecule has 0 fully saturated rings. The second-order valence-electron chi connectivity index (χ2n) is 8.04. The number of hydrogen-bond acceptors (Lipinski definition) is 4. The molecule has 0 unspecified atom stereocenters. The van der Waals surface area contributed by atoms with Gasteiger partial charge < -0.3 is 9.88 Å². The van der Waals surface area contributed by atoms with Crippen LogP contribution in [0.5, 0.6) is 0 Å². The Morgan fingerprint density at radius 1 is 1.00 bits per heavy atom. The van der Waals surface area contributed by atoms with Gasteiger partial charge in [-0.3, -0.25) is 9.78 Å². The van der Waals surface area contributed by atoms with Crippen LogP contribution in [-0.4, -0.2) is 31.2 Å². The lowest BCUT2D eigenvalue weighted by atomic mass is 10.1. The highest BCUT2D eigenvalue weighted by atomic mass is 19.4. The molecule has 3 aromatic heterocycles. The van der Waals surface area contributed by atoms with Crippen molar-refractivity contribution in [2.45, 2.75) is 12.4 Å². The number of rotatable bonds is 3. The molecule has 0 bridgehead atoms. The Morgan fingerprint density at radius 3 is 2.41 bits per heavy atom. The van der Waals surface area contributed by atoms with Crippen LogP contribution in [0.15, 0.2) is 54.9 Å². The maximum Gasteiger partial charge on any atom is 0.434 e. The lowest BCUT2D eigenvalue weighted by Gasteiger charge is -2.15. The number of anilines is 1. The number of alkyl halides is 6. The summed E-state index contributed by atoms with van der Waals surface area (Å²) < 4.78 is 83.6. The first kappa shape index (κ1) is 24.1. The quantitative estimate of drug-likeness (QED) is 0.359. The van der Waals surface area contributed by atoms with Crippen molar-refractivity contribution in [1.82, 2.24) is 19.3 Å². The summed E-state index contributed by atoms with van der Waals surface area (Å²) in [5.41, 5.74) is -3.48. The fourth-order valence-corrected chi connectivity index (χ4v) is 4.29. The molecule has 0 atom stereocenters. The number of carbonyl (C=O) groups is 1. The standard InChI is InChI=1S/C24H13F6N5O2/c1-34-17-6-5-16(13-3-2-4-14(20(13)17)18(34)11-36)35-21(24(28,29)30)15(10-32-35)22(37)33-12-7-8-31-19(9-12)23(25,26)27/h2-10H,1H3,(H,31,33,37). The number of aromatic nitrogens is 4. The summed E-state index contributed by atoms with van der Waals surface area (Å²) in [5, 5.41) is 7.38. The predicted octanol–water partition coefficient (Wildman–Crippen LogP) is 4.42. The van der Waals surface area contributed by atoms with Gasteiger partial charge in [0.2, 0.25) is 0 Å². The van der Waals surface area contributed by atoms with Crippen molar-refractivity contribution in [3.05, 3.63) is 77.2 Å². The Balaban J connectivity index is 1.66. The van der Waals surface area contributed by atoms with E-state index < -0.39 is 40.9 Å². The lowest BCUT2D eigenvalue weighted by Crippen LogP contribution is -2.21. The molecule has 0 aliphatic heterocycles. The van der Waals surface area contributed by atoms with Gasteiger partial charge in [0.05, 0.1) is 23.0 Å². The first-order chi connectivity index (χ1) is 17.4.